The summed E-state index contributed by atoms with van der Waals surface area (Å²) in [5.41, 5.74) is 1.12. The van der Waals surface area contributed by atoms with Crippen LogP contribution in [0.25, 0.3) is 0 Å². The quantitative estimate of drug-likeness (QED) is 0.674. The van der Waals surface area contributed by atoms with Gasteiger partial charge in [-0.05, 0) is 18.1 Å². The minimum atomic E-state index is 0.396. The number of hydrogen-bond acceptors (Lipinski definition) is 1. The second kappa shape index (κ2) is 5.23. The molecule has 0 aliphatic carbocycles. The third-order valence-electron chi connectivity index (χ3n) is 2.56. The van der Waals surface area contributed by atoms with Crippen molar-refractivity contribution in [1.29, 1.82) is 0 Å². The molecule has 0 saturated carbocycles. The summed E-state index contributed by atoms with van der Waals surface area (Å²) in [6.07, 6.45) is 2.98. The summed E-state index contributed by atoms with van der Waals surface area (Å²) in [5, 5.41) is 0. The van der Waals surface area contributed by atoms with Gasteiger partial charge in [-0.3, -0.25) is 4.98 Å². The van der Waals surface area contributed by atoms with E-state index in [4.69, 9.17) is 11.6 Å². The standard InChI is InChI=1S/C11H16ClN/c1-3-9(2)10(8-12)11-6-4-5-7-13-11/h4-7,9-10H,3,8H2,1-2H3. The van der Waals surface area contributed by atoms with E-state index in [2.05, 4.69) is 24.9 Å². The van der Waals surface area contributed by atoms with Crippen molar-refractivity contribution in [1.82, 2.24) is 4.98 Å². The van der Waals surface area contributed by atoms with Gasteiger partial charge in [0.1, 0.15) is 0 Å². The van der Waals surface area contributed by atoms with Crippen LogP contribution in [0.2, 0.25) is 0 Å². The largest absolute Gasteiger partial charge is 0.261 e. The Morgan fingerprint density at radius 3 is 2.69 bits per heavy atom. The van der Waals surface area contributed by atoms with Gasteiger partial charge >= 0.3 is 0 Å². The number of alkyl halides is 1. The molecule has 2 heteroatoms. The second-order valence-electron chi connectivity index (χ2n) is 3.40. The number of pyridine rings is 1. The highest BCUT2D eigenvalue weighted by molar-refractivity contribution is 6.18. The molecule has 2 unspecified atom stereocenters. The molecule has 0 fully saturated rings. The first kappa shape index (κ1) is 10.5. The number of rotatable bonds is 4. The molecule has 1 nitrogen and oxygen atoms in total. The molecule has 0 amide bonds. The third-order valence-corrected chi connectivity index (χ3v) is 2.90. The molecule has 0 spiro atoms. The maximum atomic E-state index is 5.94. The molecular weight excluding hydrogens is 182 g/mol. The Kier molecular flexibility index (Phi) is 4.23. The summed E-state index contributed by atoms with van der Waals surface area (Å²) < 4.78 is 0. The van der Waals surface area contributed by atoms with Gasteiger partial charge in [0, 0.05) is 23.7 Å². The van der Waals surface area contributed by atoms with Crippen molar-refractivity contribution < 1.29 is 0 Å². The van der Waals surface area contributed by atoms with Crippen LogP contribution in [-0.4, -0.2) is 10.9 Å². The molecule has 1 rings (SSSR count). The lowest BCUT2D eigenvalue weighted by Gasteiger charge is -2.19. The molecule has 0 saturated heterocycles. The minimum Gasteiger partial charge on any atom is -0.261 e. The van der Waals surface area contributed by atoms with Gasteiger partial charge < -0.3 is 0 Å². The number of nitrogens with zero attached hydrogens (tertiary/aromatic N) is 1. The van der Waals surface area contributed by atoms with Crippen LogP contribution in [-0.2, 0) is 0 Å². The molecule has 72 valence electrons. The predicted molar refractivity (Wildman–Crippen MR) is 57.2 cm³/mol. The third kappa shape index (κ3) is 2.70. The first-order chi connectivity index (χ1) is 6.29. The Morgan fingerprint density at radius 1 is 1.46 bits per heavy atom. The Hall–Kier alpha value is -0.560. The monoisotopic (exact) mass is 197 g/mol. The number of hydrogen-bond donors (Lipinski definition) is 0. The lowest BCUT2D eigenvalue weighted by atomic mass is 9.90. The fourth-order valence-corrected chi connectivity index (χ4v) is 1.86. The van der Waals surface area contributed by atoms with Gasteiger partial charge in [0.15, 0.2) is 0 Å². The minimum absolute atomic E-state index is 0.396. The van der Waals surface area contributed by atoms with Crippen LogP contribution < -0.4 is 0 Å². The van der Waals surface area contributed by atoms with Gasteiger partial charge in [-0.15, -0.1) is 11.6 Å². The molecule has 13 heavy (non-hydrogen) atoms. The fraction of sp³-hybridized carbons (Fsp3) is 0.545. The highest BCUT2D eigenvalue weighted by atomic mass is 35.5. The Balaban J connectivity index is 2.78. The van der Waals surface area contributed by atoms with Gasteiger partial charge in [-0.1, -0.05) is 26.3 Å². The predicted octanol–water partition coefficient (Wildman–Crippen LogP) is 3.45. The van der Waals surface area contributed by atoms with Crippen LogP contribution >= 0.6 is 11.6 Å². The Morgan fingerprint density at radius 2 is 2.23 bits per heavy atom. The van der Waals surface area contributed by atoms with Crippen LogP contribution in [0.15, 0.2) is 24.4 Å². The van der Waals surface area contributed by atoms with Crippen LogP contribution in [0.4, 0.5) is 0 Å². The normalized spacial score (nSPS) is 15.3. The lowest BCUT2D eigenvalue weighted by molar-refractivity contribution is 0.468. The van der Waals surface area contributed by atoms with Gasteiger partial charge in [0.25, 0.3) is 0 Å². The summed E-state index contributed by atoms with van der Waals surface area (Å²) in [7, 11) is 0. The van der Waals surface area contributed by atoms with E-state index < -0.39 is 0 Å². The van der Waals surface area contributed by atoms with E-state index in [0.717, 1.165) is 12.1 Å². The summed E-state index contributed by atoms with van der Waals surface area (Å²) in [6, 6.07) is 6.01. The lowest BCUT2D eigenvalue weighted by Crippen LogP contribution is -2.12. The molecule has 0 aliphatic heterocycles. The van der Waals surface area contributed by atoms with Crippen molar-refractivity contribution >= 4 is 11.6 Å². The zero-order chi connectivity index (χ0) is 9.68. The molecule has 0 bridgehead atoms. The topological polar surface area (TPSA) is 12.9 Å². The number of aromatic nitrogens is 1. The van der Waals surface area contributed by atoms with Crippen molar-refractivity contribution in [2.75, 3.05) is 5.88 Å². The molecule has 1 heterocycles. The second-order valence-corrected chi connectivity index (χ2v) is 3.71. The number of halogens is 1. The van der Waals surface area contributed by atoms with Crippen LogP contribution in [0.1, 0.15) is 31.9 Å². The van der Waals surface area contributed by atoms with E-state index in [0.29, 0.717) is 17.7 Å². The van der Waals surface area contributed by atoms with E-state index in [1.807, 2.05) is 18.3 Å². The fourth-order valence-electron chi connectivity index (χ4n) is 1.40. The van der Waals surface area contributed by atoms with Gasteiger partial charge in [0.2, 0.25) is 0 Å². The Labute approximate surface area is 85.1 Å². The average molecular weight is 198 g/mol. The smallest absolute Gasteiger partial charge is 0.0449 e. The zero-order valence-electron chi connectivity index (χ0n) is 8.20. The van der Waals surface area contributed by atoms with Crippen LogP contribution in [0, 0.1) is 5.92 Å². The summed E-state index contributed by atoms with van der Waals surface area (Å²) in [6.45, 7) is 4.41. The highest BCUT2D eigenvalue weighted by Crippen LogP contribution is 2.26. The van der Waals surface area contributed by atoms with Crippen LogP contribution in [0.5, 0.6) is 0 Å². The van der Waals surface area contributed by atoms with Crippen molar-refractivity contribution in [2.24, 2.45) is 5.92 Å². The van der Waals surface area contributed by atoms with Crippen molar-refractivity contribution in [3.8, 4) is 0 Å². The van der Waals surface area contributed by atoms with E-state index in [1.54, 1.807) is 0 Å². The molecular formula is C11H16ClN. The van der Waals surface area contributed by atoms with Crippen molar-refractivity contribution in [3.63, 3.8) is 0 Å². The molecule has 1 aromatic rings. The molecule has 0 N–H and O–H groups in total. The maximum absolute atomic E-state index is 5.94. The van der Waals surface area contributed by atoms with Crippen LogP contribution in [0.3, 0.4) is 0 Å². The van der Waals surface area contributed by atoms with Crippen molar-refractivity contribution in [3.05, 3.63) is 30.1 Å². The summed E-state index contributed by atoms with van der Waals surface area (Å²) >= 11 is 5.94. The molecule has 0 aromatic carbocycles. The van der Waals surface area contributed by atoms with Crippen molar-refractivity contribution in [2.45, 2.75) is 26.2 Å². The van der Waals surface area contributed by atoms with Gasteiger partial charge in [-0.25, -0.2) is 0 Å². The maximum Gasteiger partial charge on any atom is 0.0449 e. The van der Waals surface area contributed by atoms with E-state index in [9.17, 15) is 0 Å². The first-order valence-electron chi connectivity index (χ1n) is 4.76. The van der Waals surface area contributed by atoms with Gasteiger partial charge in [0.05, 0.1) is 0 Å². The molecule has 0 radical (unpaired) electrons. The highest BCUT2D eigenvalue weighted by Gasteiger charge is 2.17. The SMILES string of the molecule is CCC(C)C(CCl)c1ccccn1. The Bertz CT molecular complexity index is 235. The van der Waals surface area contributed by atoms with Gasteiger partial charge in [-0.2, -0.15) is 0 Å². The first-order valence-corrected chi connectivity index (χ1v) is 5.30. The summed E-state index contributed by atoms with van der Waals surface area (Å²) in [4.78, 5) is 4.33. The van der Waals surface area contributed by atoms with E-state index in [-0.39, 0.29) is 0 Å². The molecule has 2 atom stereocenters. The molecule has 1 aromatic heterocycles. The summed E-state index contributed by atoms with van der Waals surface area (Å²) in [5.74, 6) is 1.66. The zero-order valence-corrected chi connectivity index (χ0v) is 8.96. The molecule has 0 aliphatic rings. The average Bonchev–Trinajstić information content (AvgIpc) is 2.20. The van der Waals surface area contributed by atoms with E-state index >= 15 is 0 Å². The van der Waals surface area contributed by atoms with E-state index in [1.165, 1.54) is 0 Å².